The first-order valence-corrected chi connectivity index (χ1v) is 8.52. The van der Waals surface area contributed by atoms with Crippen LogP contribution in [0.1, 0.15) is 45.4 Å². The molecule has 1 aliphatic rings. The molecule has 1 aromatic rings. The summed E-state index contributed by atoms with van der Waals surface area (Å²) in [7, 11) is -4.04. The maximum atomic E-state index is 11.4. The van der Waals surface area contributed by atoms with Crippen LogP contribution in [0.3, 0.4) is 0 Å². The number of benzene rings is 1. The zero-order chi connectivity index (χ0) is 16.1. The van der Waals surface area contributed by atoms with Gasteiger partial charge in [-0.3, -0.25) is 0 Å². The fourth-order valence-corrected chi connectivity index (χ4v) is 2.63. The standard InChI is InChI=1S/C14H22BNO4S/c1-10(21(16,17)18)11-6-8-12(9-7-11)15-19-13(2,3)14(4,5)20-15/h6-10H,1-5H3,(H2,16,17,18). The summed E-state index contributed by atoms with van der Waals surface area (Å²) in [6.07, 6.45) is 0. The predicted octanol–water partition coefficient (Wildman–Crippen LogP) is 1.34. The second kappa shape index (κ2) is 5.09. The van der Waals surface area contributed by atoms with Crippen molar-refractivity contribution in [3.8, 4) is 0 Å². The minimum atomic E-state index is -3.59. The molecule has 1 aliphatic heterocycles. The number of hydrogen-bond donors (Lipinski definition) is 1. The van der Waals surface area contributed by atoms with Gasteiger partial charge in [0, 0.05) is 0 Å². The highest BCUT2D eigenvalue weighted by Gasteiger charge is 2.51. The molecular formula is C14H22BNO4S. The Balaban J connectivity index is 2.22. The molecule has 0 aromatic heterocycles. The van der Waals surface area contributed by atoms with E-state index in [2.05, 4.69) is 0 Å². The van der Waals surface area contributed by atoms with Crippen LogP contribution in [0.5, 0.6) is 0 Å². The summed E-state index contributed by atoms with van der Waals surface area (Å²) in [5.74, 6) is 0. The van der Waals surface area contributed by atoms with E-state index >= 15 is 0 Å². The fourth-order valence-electron chi connectivity index (χ4n) is 2.09. The highest BCUT2D eigenvalue weighted by Crippen LogP contribution is 2.36. The quantitative estimate of drug-likeness (QED) is 0.854. The predicted molar refractivity (Wildman–Crippen MR) is 83.7 cm³/mol. The molecule has 0 aliphatic carbocycles. The van der Waals surface area contributed by atoms with Crippen LogP contribution in [0, 0.1) is 0 Å². The summed E-state index contributed by atoms with van der Waals surface area (Å²) in [5.41, 5.74) is 0.714. The number of nitrogens with two attached hydrogens (primary N) is 1. The Labute approximate surface area is 127 Å². The first kappa shape index (κ1) is 16.5. The molecule has 21 heavy (non-hydrogen) atoms. The largest absolute Gasteiger partial charge is 0.494 e. The first-order valence-electron chi connectivity index (χ1n) is 6.91. The lowest BCUT2D eigenvalue weighted by Gasteiger charge is -2.32. The van der Waals surface area contributed by atoms with Crippen molar-refractivity contribution < 1.29 is 17.7 Å². The van der Waals surface area contributed by atoms with E-state index in [4.69, 9.17) is 14.4 Å². The van der Waals surface area contributed by atoms with Crippen LogP contribution in [0.4, 0.5) is 0 Å². The van der Waals surface area contributed by atoms with Crippen LogP contribution < -0.4 is 10.6 Å². The highest BCUT2D eigenvalue weighted by atomic mass is 32.2. The molecule has 0 spiro atoms. The summed E-state index contributed by atoms with van der Waals surface area (Å²) < 4.78 is 34.6. The van der Waals surface area contributed by atoms with Crippen LogP contribution in [0.2, 0.25) is 0 Å². The third kappa shape index (κ3) is 3.16. The SMILES string of the molecule is CC(c1ccc(B2OC(C)(C)C(C)(C)O2)cc1)S(N)(=O)=O. The van der Waals surface area contributed by atoms with Crippen molar-refractivity contribution >= 4 is 22.6 Å². The Hall–Kier alpha value is -0.885. The molecule has 1 fully saturated rings. The molecule has 7 heteroatoms. The Morgan fingerprint density at radius 3 is 1.86 bits per heavy atom. The van der Waals surface area contributed by atoms with Crippen molar-refractivity contribution in [2.24, 2.45) is 5.14 Å². The molecule has 1 atom stereocenters. The monoisotopic (exact) mass is 311 g/mol. The molecule has 2 rings (SSSR count). The second-order valence-electron chi connectivity index (χ2n) is 6.49. The molecule has 2 N–H and O–H groups in total. The van der Waals surface area contributed by atoms with E-state index < -0.39 is 33.6 Å². The highest BCUT2D eigenvalue weighted by molar-refractivity contribution is 7.89. The Morgan fingerprint density at radius 2 is 1.48 bits per heavy atom. The molecule has 1 heterocycles. The topological polar surface area (TPSA) is 78.6 Å². The third-order valence-corrected chi connectivity index (χ3v) is 5.68. The van der Waals surface area contributed by atoms with Gasteiger partial charge in [-0.2, -0.15) is 0 Å². The van der Waals surface area contributed by atoms with Crippen molar-refractivity contribution in [2.75, 3.05) is 0 Å². The molecule has 0 bridgehead atoms. The Kier molecular flexibility index (Phi) is 3.99. The minimum absolute atomic E-state index is 0.399. The van der Waals surface area contributed by atoms with E-state index in [0.29, 0.717) is 5.56 Å². The smallest absolute Gasteiger partial charge is 0.399 e. The Bertz CT molecular complexity index is 609. The summed E-state index contributed by atoms with van der Waals surface area (Å²) >= 11 is 0. The lowest BCUT2D eigenvalue weighted by atomic mass is 9.79. The average Bonchev–Trinajstić information content (AvgIpc) is 2.57. The molecule has 0 saturated carbocycles. The van der Waals surface area contributed by atoms with Gasteiger partial charge < -0.3 is 9.31 Å². The number of sulfonamides is 1. The summed E-state index contributed by atoms with van der Waals surface area (Å²) in [6.45, 7) is 9.53. The van der Waals surface area contributed by atoms with Gasteiger partial charge in [-0.05, 0) is 45.6 Å². The average molecular weight is 311 g/mol. The van der Waals surface area contributed by atoms with Gasteiger partial charge in [0.2, 0.25) is 10.0 Å². The fraction of sp³-hybridized carbons (Fsp3) is 0.571. The van der Waals surface area contributed by atoms with E-state index in [1.807, 2.05) is 39.8 Å². The second-order valence-corrected chi connectivity index (χ2v) is 8.37. The van der Waals surface area contributed by atoms with Gasteiger partial charge in [0.15, 0.2) is 0 Å². The summed E-state index contributed by atoms with van der Waals surface area (Å²) in [6, 6.07) is 7.13. The van der Waals surface area contributed by atoms with E-state index in [1.54, 1.807) is 19.1 Å². The van der Waals surface area contributed by atoms with Gasteiger partial charge >= 0.3 is 7.12 Å². The lowest BCUT2D eigenvalue weighted by molar-refractivity contribution is 0.00578. The molecule has 116 valence electrons. The number of rotatable bonds is 3. The van der Waals surface area contributed by atoms with Crippen molar-refractivity contribution in [3.63, 3.8) is 0 Å². The number of primary sulfonamides is 1. The van der Waals surface area contributed by atoms with Crippen molar-refractivity contribution in [2.45, 2.75) is 51.1 Å². The lowest BCUT2D eigenvalue weighted by Crippen LogP contribution is -2.41. The van der Waals surface area contributed by atoms with E-state index in [1.165, 1.54) is 0 Å². The van der Waals surface area contributed by atoms with Crippen LogP contribution in [0.25, 0.3) is 0 Å². The zero-order valence-corrected chi connectivity index (χ0v) is 13.9. The van der Waals surface area contributed by atoms with Gasteiger partial charge in [0.05, 0.1) is 16.5 Å². The first-order chi connectivity index (χ1) is 9.44. The molecule has 1 aromatic carbocycles. The maximum Gasteiger partial charge on any atom is 0.494 e. The molecular weight excluding hydrogens is 289 g/mol. The van der Waals surface area contributed by atoms with Crippen molar-refractivity contribution in [1.82, 2.24) is 0 Å². The molecule has 0 amide bonds. The van der Waals surface area contributed by atoms with E-state index in [0.717, 1.165) is 5.46 Å². The van der Waals surface area contributed by atoms with Gasteiger partial charge in [-0.25, -0.2) is 13.6 Å². The molecule has 0 radical (unpaired) electrons. The molecule has 1 saturated heterocycles. The Morgan fingerprint density at radius 1 is 1.05 bits per heavy atom. The van der Waals surface area contributed by atoms with Crippen molar-refractivity contribution in [1.29, 1.82) is 0 Å². The minimum Gasteiger partial charge on any atom is -0.399 e. The van der Waals surface area contributed by atoms with Crippen LogP contribution in [-0.4, -0.2) is 26.7 Å². The van der Waals surface area contributed by atoms with E-state index in [-0.39, 0.29) is 0 Å². The van der Waals surface area contributed by atoms with E-state index in [9.17, 15) is 8.42 Å². The summed E-state index contributed by atoms with van der Waals surface area (Å²) in [4.78, 5) is 0. The van der Waals surface area contributed by atoms with Crippen LogP contribution in [-0.2, 0) is 19.3 Å². The van der Waals surface area contributed by atoms with Crippen molar-refractivity contribution in [3.05, 3.63) is 29.8 Å². The molecule has 5 nitrogen and oxygen atoms in total. The van der Waals surface area contributed by atoms with Gasteiger partial charge in [-0.15, -0.1) is 0 Å². The van der Waals surface area contributed by atoms with Gasteiger partial charge in [-0.1, -0.05) is 24.3 Å². The van der Waals surface area contributed by atoms with Crippen LogP contribution in [0.15, 0.2) is 24.3 Å². The molecule has 1 unspecified atom stereocenters. The summed E-state index contributed by atoms with van der Waals surface area (Å²) in [5, 5.41) is 4.43. The van der Waals surface area contributed by atoms with Gasteiger partial charge in [0.25, 0.3) is 0 Å². The maximum absolute atomic E-state index is 11.4. The zero-order valence-electron chi connectivity index (χ0n) is 13.1. The third-order valence-electron chi connectivity index (χ3n) is 4.42. The number of hydrogen-bond acceptors (Lipinski definition) is 4. The normalized spacial score (nSPS) is 22.3. The van der Waals surface area contributed by atoms with Crippen LogP contribution >= 0.6 is 0 Å². The van der Waals surface area contributed by atoms with Gasteiger partial charge in [0.1, 0.15) is 0 Å².